The average Bonchev–Trinajstić information content (AvgIpc) is 2.86. The second-order valence-electron chi connectivity index (χ2n) is 4.74. The van der Waals surface area contributed by atoms with E-state index in [1.807, 2.05) is 6.07 Å². The predicted molar refractivity (Wildman–Crippen MR) is 77.0 cm³/mol. The number of rotatable bonds is 2. The molecule has 1 fully saturated rings. The van der Waals surface area contributed by atoms with Gasteiger partial charge in [0.05, 0.1) is 15.8 Å². The molecule has 6 heteroatoms. The van der Waals surface area contributed by atoms with Crippen LogP contribution in [0.1, 0.15) is 25.6 Å². The molecule has 3 rings (SSSR count). The lowest BCUT2D eigenvalue weighted by molar-refractivity contribution is 0.254. The van der Waals surface area contributed by atoms with Crippen molar-refractivity contribution in [1.29, 1.82) is 0 Å². The van der Waals surface area contributed by atoms with Gasteiger partial charge in [-0.3, -0.25) is 9.69 Å². The first-order valence-electron chi connectivity index (χ1n) is 6.06. The van der Waals surface area contributed by atoms with Gasteiger partial charge in [0.15, 0.2) is 0 Å². The van der Waals surface area contributed by atoms with E-state index >= 15 is 0 Å². The van der Waals surface area contributed by atoms with Gasteiger partial charge in [0.25, 0.3) is 5.56 Å². The van der Waals surface area contributed by atoms with Crippen molar-refractivity contribution in [2.24, 2.45) is 0 Å². The minimum absolute atomic E-state index is 0.0300. The number of aromatic nitrogens is 2. The highest BCUT2D eigenvalue weighted by Crippen LogP contribution is 2.26. The molecule has 1 N–H and O–H groups in total. The lowest BCUT2D eigenvalue weighted by atomic mass is 10.2. The summed E-state index contributed by atoms with van der Waals surface area (Å²) in [6, 6.07) is 2.49. The second-order valence-corrected chi connectivity index (χ2v) is 7.17. The van der Waals surface area contributed by atoms with Gasteiger partial charge < -0.3 is 4.98 Å². The van der Waals surface area contributed by atoms with Crippen molar-refractivity contribution in [1.82, 2.24) is 14.9 Å². The summed E-state index contributed by atoms with van der Waals surface area (Å²) >= 11 is 4.82. The molecule has 4 nitrogen and oxygen atoms in total. The summed E-state index contributed by atoms with van der Waals surface area (Å²) in [4.78, 5) is 21.7. The molecule has 1 atom stereocenters. The highest BCUT2D eigenvalue weighted by molar-refractivity contribution is 9.11. The lowest BCUT2D eigenvalue weighted by Gasteiger charge is -2.19. The number of halogens is 1. The monoisotopic (exact) mass is 327 g/mol. The van der Waals surface area contributed by atoms with E-state index in [2.05, 4.69) is 37.7 Å². The molecule has 0 aromatic carbocycles. The van der Waals surface area contributed by atoms with Crippen molar-refractivity contribution in [2.45, 2.75) is 32.4 Å². The van der Waals surface area contributed by atoms with Crippen molar-refractivity contribution in [3.8, 4) is 0 Å². The van der Waals surface area contributed by atoms with Gasteiger partial charge in [0, 0.05) is 6.04 Å². The number of likely N-dealkylation sites (tertiary alicyclic amines) is 1. The zero-order valence-corrected chi connectivity index (χ0v) is 12.5. The van der Waals surface area contributed by atoms with Crippen molar-refractivity contribution >= 4 is 37.5 Å². The van der Waals surface area contributed by atoms with Crippen LogP contribution < -0.4 is 5.56 Å². The third-order valence-electron chi connectivity index (χ3n) is 3.45. The van der Waals surface area contributed by atoms with Gasteiger partial charge in [-0.2, -0.15) is 0 Å². The Kier molecular flexibility index (Phi) is 3.25. The molecule has 0 saturated carbocycles. The Bertz CT molecular complexity index is 636. The fraction of sp³-hybridized carbons (Fsp3) is 0.500. The normalized spacial score (nSPS) is 20.9. The number of nitrogens with zero attached hydrogens (tertiary/aromatic N) is 2. The molecule has 0 spiro atoms. The average molecular weight is 328 g/mol. The summed E-state index contributed by atoms with van der Waals surface area (Å²) in [5, 5.41) is 0. The first kappa shape index (κ1) is 12.3. The van der Waals surface area contributed by atoms with E-state index in [9.17, 15) is 4.79 Å². The molecule has 0 aliphatic carbocycles. The number of hydrogen-bond donors (Lipinski definition) is 1. The van der Waals surface area contributed by atoms with Crippen LogP contribution in [0.2, 0.25) is 0 Å². The van der Waals surface area contributed by atoms with Crippen LogP contribution in [0.15, 0.2) is 14.6 Å². The van der Waals surface area contributed by atoms with Crippen LogP contribution in [-0.2, 0) is 6.54 Å². The molecule has 96 valence electrons. The molecule has 0 amide bonds. The second kappa shape index (κ2) is 4.75. The van der Waals surface area contributed by atoms with Crippen molar-refractivity contribution in [2.75, 3.05) is 6.54 Å². The molecular weight excluding hydrogens is 314 g/mol. The van der Waals surface area contributed by atoms with E-state index in [-0.39, 0.29) is 5.56 Å². The van der Waals surface area contributed by atoms with Gasteiger partial charge >= 0.3 is 0 Å². The summed E-state index contributed by atoms with van der Waals surface area (Å²) in [5.41, 5.74) is 0.759. The van der Waals surface area contributed by atoms with Crippen LogP contribution >= 0.6 is 27.3 Å². The fourth-order valence-corrected chi connectivity index (χ4v) is 3.87. The van der Waals surface area contributed by atoms with Gasteiger partial charge in [-0.1, -0.05) is 0 Å². The predicted octanol–water partition coefficient (Wildman–Crippen LogP) is 2.73. The topological polar surface area (TPSA) is 49.0 Å². The smallest absolute Gasteiger partial charge is 0.268 e. The van der Waals surface area contributed by atoms with E-state index in [0.717, 1.165) is 28.2 Å². The van der Waals surface area contributed by atoms with Gasteiger partial charge in [-0.15, -0.1) is 11.3 Å². The van der Waals surface area contributed by atoms with Gasteiger partial charge in [-0.05, 0) is 48.3 Å². The largest absolute Gasteiger partial charge is 0.308 e. The number of H-pyrrole nitrogens is 1. The van der Waals surface area contributed by atoms with E-state index in [1.165, 1.54) is 24.2 Å². The summed E-state index contributed by atoms with van der Waals surface area (Å²) in [7, 11) is 0. The minimum Gasteiger partial charge on any atom is -0.308 e. The van der Waals surface area contributed by atoms with Crippen LogP contribution in [0.5, 0.6) is 0 Å². The summed E-state index contributed by atoms with van der Waals surface area (Å²) in [6.07, 6.45) is 2.47. The fourth-order valence-electron chi connectivity index (χ4n) is 2.45. The first-order chi connectivity index (χ1) is 8.63. The maximum absolute atomic E-state index is 11.9. The molecule has 2 aromatic heterocycles. The van der Waals surface area contributed by atoms with E-state index in [1.54, 1.807) is 0 Å². The summed E-state index contributed by atoms with van der Waals surface area (Å²) < 4.78 is 1.64. The first-order valence-corrected chi connectivity index (χ1v) is 7.67. The molecular formula is C12H14BrN3OS. The highest BCUT2D eigenvalue weighted by atomic mass is 79.9. The Morgan fingerprint density at radius 1 is 1.67 bits per heavy atom. The Labute approximate surface area is 117 Å². The third-order valence-corrected chi connectivity index (χ3v) is 5.07. The van der Waals surface area contributed by atoms with Crippen molar-refractivity contribution < 1.29 is 0 Å². The molecule has 1 aliphatic rings. The number of aromatic amines is 1. The molecule has 0 unspecified atom stereocenters. The highest BCUT2D eigenvalue weighted by Gasteiger charge is 2.21. The zero-order chi connectivity index (χ0) is 12.7. The molecule has 2 aromatic rings. The summed E-state index contributed by atoms with van der Waals surface area (Å²) in [6.45, 7) is 4.06. The number of nitrogens with one attached hydrogen (secondary N) is 1. The summed E-state index contributed by atoms with van der Waals surface area (Å²) in [5.74, 6) is 0.770. The van der Waals surface area contributed by atoms with E-state index < -0.39 is 0 Å². The van der Waals surface area contributed by atoms with Gasteiger partial charge in [-0.25, -0.2) is 4.98 Å². The molecule has 1 aliphatic heterocycles. The van der Waals surface area contributed by atoms with Gasteiger partial charge in [0.1, 0.15) is 10.5 Å². The third kappa shape index (κ3) is 2.24. The Balaban J connectivity index is 1.95. The molecule has 3 heterocycles. The number of fused-ring (bicyclic) bond motifs is 1. The van der Waals surface area contributed by atoms with E-state index in [4.69, 9.17) is 0 Å². The maximum Gasteiger partial charge on any atom is 0.268 e. The quantitative estimate of drug-likeness (QED) is 0.922. The Morgan fingerprint density at radius 3 is 3.22 bits per heavy atom. The SMILES string of the molecule is C[C@@H]1CCCN1Cc1nc2cc(Br)sc2c(=O)[nH]1. The van der Waals surface area contributed by atoms with Crippen LogP contribution in [0.25, 0.3) is 10.2 Å². The van der Waals surface area contributed by atoms with Crippen LogP contribution in [-0.4, -0.2) is 27.5 Å². The van der Waals surface area contributed by atoms with Gasteiger partial charge in [0.2, 0.25) is 0 Å². The van der Waals surface area contributed by atoms with Crippen molar-refractivity contribution in [3.63, 3.8) is 0 Å². The maximum atomic E-state index is 11.9. The van der Waals surface area contributed by atoms with Crippen LogP contribution in [0.3, 0.4) is 0 Å². The van der Waals surface area contributed by atoms with E-state index in [0.29, 0.717) is 10.7 Å². The molecule has 0 radical (unpaired) electrons. The van der Waals surface area contributed by atoms with Crippen LogP contribution in [0.4, 0.5) is 0 Å². The zero-order valence-electron chi connectivity index (χ0n) is 10.1. The van der Waals surface area contributed by atoms with Crippen LogP contribution in [0, 0.1) is 0 Å². The number of thiophene rings is 1. The Morgan fingerprint density at radius 2 is 2.50 bits per heavy atom. The number of hydrogen-bond acceptors (Lipinski definition) is 4. The molecule has 0 bridgehead atoms. The molecule has 1 saturated heterocycles. The van der Waals surface area contributed by atoms with Crippen molar-refractivity contribution in [3.05, 3.63) is 26.0 Å². The lowest BCUT2D eigenvalue weighted by Crippen LogP contribution is -2.28. The Hall–Kier alpha value is -0.720. The standard InChI is InChI=1S/C12H14BrN3OS/c1-7-3-2-4-16(7)6-10-14-8-5-9(13)18-11(8)12(17)15-10/h5,7H,2-4,6H2,1H3,(H,14,15,17)/t7-/m1/s1. The molecule has 18 heavy (non-hydrogen) atoms. The minimum atomic E-state index is -0.0300.